The van der Waals surface area contributed by atoms with E-state index in [1.54, 1.807) is 0 Å². The number of para-hydroxylation sites is 1. The quantitative estimate of drug-likeness (QED) is 0.865. The van der Waals surface area contributed by atoms with E-state index in [0.29, 0.717) is 12.2 Å². The van der Waals surface area contributed by atoms with Gasteiger partial charge in [-0.05, 0) is 37.8 Å². The lowest BCUT2D eigenvalue weighted by Gasteiger charge is -2.27. The Morgan fingerprint density at radius 3 is 2.75 bits per heavy atom. The van der Waals surface area contributed by atoms with E-state index in [1.807, 2.05) is 30.3 Å². The van der Waals surface area contributed by atoms with Gasteiger partial charge in [0.05, 0.1) is 11.7 Å². The number of hydrogen-bond donors (Lipinski definition) is 2. The van der Waals surface area contributed by atoms with E-state index >= 15 is 0 Å². The van der Waals surface area contributed by atoms with Crippen molar-refractivity contribution in [1.82, 2.24) is 5.32 Å². The zero-order valence-electron chi connectivity index (χ0n) is 11.3. The Balaban J connectivity index is 1.65. The van der Waals surface area contributed by atoms with Gasteiger partial charge in [0.15, 0.2) is 0 Å². The van der Waals surface area contributed by atoms with Gasteiger partial charge < -0.3 is 15.2 Å². The van der Waals surface area contributed by atoms with Crippen LogP contribution in [0.5, 0.6) is 5.75 Å². The van der Waals surface area contributed by atoms with E-state index in [4.69, 9.17) is 4.74 Å². The highest BCUT2D eigenvalue weighted by atomic mass is 16.5. The second kappa shape index (κ2) is 5.67. The molecule has 1 fully saturated rings. The van der Waals surface area contributed by atoms with Gasteiger partial charge in [-0.25, -0.2) is 0 Å². The number of fused-ring (bicyclic) bond motifs is 1. The summed E-state index contributed by atoms with van der Waals surface area (Å²) in [4.78, 5) is 12.2. The number of amides is 1. The van der Waals surface area contributed by atoms with E-state index in [9.17, 15) is 9.90 Å². The van der Waals surface area contributed by atoms with Crippen molar-refractivity contribution in [1.29, 1.82) is 0 Å². The van der Waals surface area contributed by atoms with Crippen LogP contribution in [-0.2, 0) is 4.79 Å². The number of carbonyl (C=O) groups excluding carboxylic acids is 1. The molecule has 0 saturated heterocycles. The first-order valence-electron chi connectivity index (χ1n) is 7.14. The van der Waals surface area contributed by atoms with Gasteiger partial charge in [-0.2, -0.15) is 0 Å². The molecule has 3 rings (SSSR count). The number of aliphatic hydroxyl groups excluding tert-OH is 1. The molecule has 1 heterocycles. The van der Waals surface area contributed by atoms with Gasteiger partial charge >= 0.3 is 0 Å². The number of carbonyl (C=O) groups is 1. The smallest absolute Gasteiger partial charge is 0.250 e. The molecule has 2 N–H and O–H groups in total. The van der Waals surface area contributed by atoms with Crippen molar-refractivity contribution < 1.29 is 14.6 Å². The molecule has 20 heavy (non-hydrogen) atoms. The summed E-state index contributed by atoms with van der Waals surface area (Å²) >= 11 is 0. The van der Waals surface area contributed by atoms with Crippen LogP contribution < -0.4 is 10.1 Å². The van der Waals surface area contributed by atoms with E-state index in [-0.39, 0.29) is 18.1 Å². The molecule has 0 atom stereocenters. The average molecular weight is 273 g/mol. The molecule has 0 unspecified atom stereocenters. The largest absolute Gasteiger partial charge is 0.488 e. The average Bonchev–Trinajstić information content (AvgIpc) is 2.49. The van der Waals surface area contributed by atoms with Crippen molar-refractivity contribution in [2.75, 3.05) is 6.61 Å². The molecule has 1 aliphatic carbocycles. The third-order valence-electron chi connectivity index (χ3n) is 3.96. The van der Waals surface area contributed by atoms with Gasteiger partial charge in [-0.3, -0.25) is 4.79 Å². The topological polar surface area (TPSA) is 58.6 Å². The van der Waals surface area contributed by atoms with Crippen molar-refractivity contribution in [2.24, 2.45) is 0 Å². The molecule has 0 aromatic heterocycles. The Hall–Kier alpha value is -1.81. The van der Waals surface area contributed by atoms with Gasteiger partial charge in [-0.1, -0.05) is 18.2 Å². The predicted molar refractivity (Wildman–Crippen MR) is 76.3 cm³/mol. The molecule has 1 aromatic rings. The maximum atomic E-state index is 12.2. The molecular formula is C16H19NO3. The van der Waals surface area contributed by atoms with E-state index < -0.39 is 0 Å². The molecule has 0 spiro atoms. The summed E-state index contributed by atoms with van der Waals surface area (Å²) in [6.07, 6.45) is 4.92. The SMILES string of the molecule is O=C(NC1CCC(O)CC1)C1=Cc2ccccc2OC1. The summed E-state index contributed by atoms with van der Waals surface area (Å²) in [5, 5.41) is 12.5. The van der Waals surface area contributed by atoms with Crippen LogP contribution in [0.4, 0.5) is 0 Å². The molecule has 2 aliphatic rings. The third-order valence-corrected chi connectivity index (χ3v) is 3.96. The monoisotopic (exact) mass is 273 g/mol. The fraction of sp³-hybridized carbons (Fsp3) is 0.438. The zero-order valence-corrected chi connectivity index (χ0v) is 11.3. The van der Waals surface area contributed by atoms with Crippen molar-refractivity contribution in [3.05, 3.63) is 35.4 Å². The van der Waals surface area contributed by atoms with E-state index in [0.717, 1.165) is 37.0 Å². The number of benzene rings is 1. The van der Waals surface area contributed by atoms with Crippen LogP contribution >= 0.6 is 0 Å². The highest BCUT2D eigenvalue weighted by Gasteiger charge is 2.23. The van der Waals surface area contributed by atoms with E-state index in [1.165, 1.54) is 0 Å². The normalized spacial score (nSPS) is 25.1. The lowest BCUT2D eigenvalue weighted by Crippen LogP contribution is -2.40. The molecule has 0 radical (unpaired) electrons. The summed E-state index contributed by atoms with van der Waals surface area (Å²) in [7, 11) is 0. The maximum Gasteiger partial charge on any atom is 0.250 e. The summed E-state index contributed by atoms with van der Waals surface area (Å²) in [6.45, 7) is 0.318. The van der Waals surface area contributed by atoms with Gasteiger partial charge in [0.2, 0.25) is 0 Å². The zero-order chi connectivity index (χ0) is 13.9. The Kier molecular flexibility index (Phi) is 3.74. The van der Waals surface area contributed by atoms with Crippen LogP contribution in [0.15, 0.2) is 29.8 Å². The summed E-state index contributed by atoms with van der Waals surface area (Å²) in [5.74, 6) is 0.769. The lowest BCUT2D eigenvalue weighted by molar-refractivity contribution is -0.118. The summed E-state index contributed by atoms with van der Waals surface area (Å²) < 4.78 is 5.59. The first-order valence-corrected chi connectivity index (χ1v) is 7.14. The Morgan fingerprint density at radius 1 is 1.20 bits per heavy atom. The lowest BCUT2D eigenvalue weighted by atomic mass is 9.93. The number of aliphatic hydroxyl groups is 1. The molecule has 4 nitrogen and oxygen atoms in total. The molecule has 1 aromatic carbocycles. The Bertz CT molecular complexity index is 530. The minimum absolute atomic E-state index is 0.0547. The standard InChI is InChI=1S/C16H19NO3/c18-14-7-5-13(6-8-14)17-16(19)12-9-11-3-1-2-4-15(11)20-10-12/h1-4,9,13-14,18H,5-8,10H2,(H,17,19). The number of nitrogens with one attached hydrogen (secondary N) is 1. The van der Waals surface area contributed by atoms with Crippen LogP contribution in [0.2, 0.25) is 0 Å². The fourth-order valence-electron chi connectivity index (χ4n) is 2.75. The third kappa shape index (κ3) is 2.85. The predicted octanol–water partition coefficient (Wildman–Crippen LogP) is 1.88. The number of rotatable bonds is 2. The Morgan fingerprint density at radius 2 is 1.95 bits per heavy atom. The number of hydrogen-bond acceptors (Lipinski definition) is 3. The van der Waals surface area contributed by atoms with Gasteiger partial charge in [0.1, 0.15) is 12.4 Å². The molecule has 4 heteroatoms. The maximum absolute atomic E-state index is 12.2. The van der Waals surface area contributed by atoms with Gasteiger partial charge in [-0.15, -0.1) is 0 Å². The second-order valence-corrected chi connectivity index (χ2v) is 5.47. The molecule has 0 bridgehead atoms. The van der Waals surface area contributed by atoms with Crippen LogP contribution in [0.3, 0.4) is 0 Å². The second-order valence-electron chi connectivity index (χ2n) is 5.47. The minimum atomic E-state index is -0.202. The van der Waals surface area contributed by atoms with Crippen molar-refractivity contribution >= 4 is 12.0 Å². The first kappa shape index (κ1) is 13.2. The highest BCUT2D eigenvalue weighted by Crippen LogP contribution is 2.26. The molecule has 106 valence electrons. The Labute approximate surface area is 118 Å². The van der Waals surface area contributed by atoms with Crippen molar-refractivity contribution in [3.8, 4) is 5.75 Å². The van der Waals surface area contributed by atoms with Crippen LogP contribution in [0.1, 0.15) is 31.2 Å². The van der Waals surface area contributed by atoms with E-state index in [2.05, 4.69) is 5.32 Å². The highest BCUT2D eigenvalue weighted by molar-refractivity contribution is 5.99. The van der Waals surface area contributed by atoms with Crippen molar-refractivity contribution in [3.63, 3.8) is 0 Å². The summed E-state index contributed by atoms with van der Waals surface area (Å²) in [6, 6.07) is 7.87. The minimum Gasteiger partial charge on any atom is -0.488 e. The fourth-order valence-corrected chi connectivity index (χ4v) is 2.75. The van der Waals surface area contributed by atoms with Crippen LogP contribution in [0, 0.1) is 0 Å². The molecule has 1 saturated carbocycles. The first-order chi connectivity index (χ1) is 9.72. The van der Waals surface area contributed by atoms with Gasteiger partial charge in [0.25, 0.3) is 5.91 Å². The van der Waals surface area contributed by atoms with Gasteiger partial charge in [0, 0.05) is 11.6 Å². The van der Waals surface area contributed by atoms with Crippen LogP contribution in [0.25, 0.3) is 6.08 Å². The molecule has 1 amide bonds. The van der Waals surface area contributed by atoms with Crippen molar-refractivity contribution in [2.45, 2.75) is 37.8 Å². The van der Waals surface area contributed by atoms with Crippen LogP contribution in [-0.4, -0.2) is 29.8 Å². The molecular weight excluding hydrogens is 254 g/mol. The number of ether oxygens (including phenoxy) is 1. The summed E-state index contributed by atoms with van der Waals surface area (Å²) in [5.41, 5.74) is 1.61. The molecule has 1 aliphatic heterocycles.